The molecule has 1 rings (SSSR count). The maximum Gasteiger partial charge on any atom is 0.193 e. The molecule has 0 aromatic heterocycles. The Kier molecular flexibility index (Phi) is 10.8. The third-order valence-electron chi connectivity index (χ3n) is 4.79. The van der Waals surface area contributed by atoms with Gasteiger partial charge in [0.1, 0.15) is 0 Å². The largest absolute Gasteiger partial charge is 0.493 e. The van der Waals surface area contributed by atoms with E-state index in [-0.39, 0.29) is 6.61 Å². The van der Waals surface area contributed by atoms with E-state index in [1.54, 1.807) is 14.2 Å². The number of hydrogen-bond donors (Lipinski definition) is 2. The van der Waals surface area contributed by atoms with Crippen LogP contribution in [0.5, 0.6) is 11.5 Å². The van der Waals surface area contributed by atoms with Gasteiger partial charge in [-0.05, 0) is 61.8 Å². The van der Waals surface area contributed by atoms with Crippen LogP contribution in [0, 0.1) is 18.8 Å². The molecule has 0 bridgehead atoms. The summed E-state index contributed by atoms with van der Waals surface area (Å²) in [5, 5.41) is 12.7. The van der Waals surface area contributed by atoms with Crippen LogP contribution in [0.3, 0.4) is 0 Å². The predicted octanol–water partition coefficient (Wildman–Crippen LogP) is 3.45. The Morgan fingerprint density at radius 3 is 2.39 bits per heavy atom. The van der Waals surface area contributed by atoms with Gasteiger partial charge in [0.25, 0.3) is 0 Å². The molecule has 0 heterocycles. The first-order valence-corrected chi connectivity index (χ1v) is 10.2. The van der Waals surface area contributed by atoms with Crippen molar-refractivity contribution in [2.24, 2.45) is 16.8 Å². The van der Waals surface area contributed by atoms with Crippen LogP contribution in [0.2, 0.25) is 0 Å². The van der Waals surface area contributed by atoms with Gasteiger partial charge in [0, 0.05) is 33.3 Å². The van der Waals surface area contributed by atoms with E-state index in [1.165, 1.54) is 5.56 Å². The molecule has 0 amide bonds. The zero-order valence-corrected chi connectivity index (χ0v) is 18.7. The second-order valence-corrected chi connectivity index (χ2v) is 7.69. The number of methoxy groups -OCH3 is 2. The van der Waals surface area contributed by atoms with Crippen molar-refractivity contribution in [3.8, 4) is 11.5 Å². The van der Waals surface area contributed by atoms with Crippen molar-refractivity contribution >= 4 is 5.96 Å². The summed E-state index contributed by atoms with van der Waals surface area (Å²) in [5.74, 6) is 3.35. The molecule has 0 aliphatic heterocycles. The molecule has 0 fully saturated rings. The summed E-state index contributed by atoms with van der Waals surface area (Å²) in [6.45, 7) is 11.0. The molecule has 0 saturated carbocycles. The minimum Gasteiger partial charge on any atom is -0.493 e. The lowest BCUT2D eigenvalue weighted by Gasteiger charge is -2.25. The molecule has 28 heavy (non-hydrogen) atoms. The van der Waals surface area contributed by atoms with Crippen molar-refractivity contribution in [1.82, 2.24) is 10.2 Å². The van der Waals surface area contributed by atoms with Crippen LogP contribution in [0.1, 0.15) is 44.7 Å². The second kappa shape index (κ2) is 12.5. The highest BCUT2D eigenvalue weighted by Gasteiger charge is 2.14. The summed E-state index contributed by atoms with van der Waals surface area (Å²) in [7, 11) is 5.35. The monoisotopic (exact) mass is 393 g/mol. The fourth-order valence-corrected chi connectivity index (χ4v) is 3.34. The highest BCUT2D eigenvalue weighted by atomic mass is 16.5. The molecular weight excluding hydrogens is 354 g/mol. The van der Waals surface area contributed by atoms with E-state index in [1.807, 2.05) is 19.2 Å². The average molecular weight is 394 g/mol. The van der Waals surface area contributed by atoms with Crippen molar-refractivity contribution in [3.05, 3.63) is 23.3 Å². The standard InChI is InChI=1S/C22H39N3O3/c1-8-23-22(24-14-18(9-10-26)11-16(2)3)25(5)15-19-13-21(28-7)20(27-6)12-17(19)4/h12-13,16,18,26H,8-11,14-15H2,1-7H3,(H,23,24). The van der Waals surface area contributed by atoms with Gasteiger partial charge < -0.3 is 24.8 Å². The van der Waals surface area contributed by atoms with Gasteiger partial charge in [-0.1, -0.05) is 13.8 Å². The van der Waals surface area contributed by atoms with Gasteiger partial charge in [0.05, 0.1) is 14.2 Å². The minimum atomic E-state index is 0.212. The van der Waals surface area contributed by atoms with E-state index in [9.17, 15) is 5.11 Å². The molecular formula is C22H39N3O3. The Morgan fingerprint density at radius 2 is 1.86 bits per heavy atom. The molecule has 0 aliphatic rings. The van der Waals surface area contributed by atoms with Crippen LogP contribution in [-0.2, 0) is 6.54 Å². The first-order valence-electron chi connectivity index (χ1n) is 10.2. The van der Waals surface area contributed by atoms with Crippen LogP contribution in [0.25, 0.3) is 0 Å². The molecule has 1 atom stereocenters. The van der Waals surface area contributed by atoms with Crippen molar-refractivity contribution < 1.29 is 14.6 Å². The quantitative estimate of drug-likeness (QED) is 0.445. The van der Waals surface area contributed by atoms with Gasteiger partial charge in [0.15, 0.2) is 17.5 Å². The molecule has 1 aromatic carbocycles. The van der Waals surface area contributed by atoms with E-state index < -0.39 is 0 Å². The third-order valence-corrected chi connectivity index (χ3v) is 4.79. The lowest BCUT2D eigenvalue weighted by Crippen LogP contribution is -2.39. The summed E-state index contributed by atoms with van der Waals surface area (Å²) in [4.78, 5) is 6.98. The Labute approximate surface area is 170 Å². The number of aliphatic hydroxyl groups is 1. The Balaban J connectivity index is 2.96. The highest BCUT2D eigenvalue weighted by Crippen LogP contribution is 2.30. The molecule has 0 saturated heterocycles. The number of nitrogens with zero attached hydrogens (tertiary/aromatic N) is 2. The van der Waals surface area contributed by atoms with Gasteiger partial charge in [-0.2, -0.15) is 0 Å². The third kappa shape index (κ3) is 7.58. The molecule has 0 aliphatic carbocycles. The van der Waals surface area contributed by atoms with Crippen LogP contribution in [0.4, 0.5) is 0 Å². The number of rotatable bonds is 11. The SMILES string of the molecule is CCNC(=NCC(CCO)CC(C)C)N(C)Cc1cc(OC)c(OC)cc1C. The molecule has 1 aromatic rings. The Hall–Kier alpha value is -1.95. The maximum atomic E-state index is 9.35. The van der Waals surface area contributed by atoms with Crippen molar-refractivity contribution in [3.63, 3.8) is 0 Å². The van der Waals surface area contributed by atoms with Crippen LogP contribution in [-0.4, -0.2) is 56.9 Å². The lowest BCUT2D eigenvalue weighted by atomic mass is 9.94. The number of hydrogen-bond acceptors (Lipinski definition) is 4. The van der Waals surface area contributed by atoms with Gasteiger partial charge in [-0.25, -0.2) is 0 Å². The molecule has 6 heteroatoms. The van der Waals surface area contributed by atoms with Crippen LogP contribution in [0.15, 0.2) is 17.1 Å². The molecule has 1 unspecified atom stereocenters. The smallest absolute Gasteiger partial charge is 0.193 e. The number of nitrogens with one attached hydrogen (secondary N) is 1. The Morgan fingerprint density at radius 1 is 1.21 bits per heavy atom. The topological polar surface area (TPSA) is 66.3 Å². The summed E-state index contributed by atoms with van der Waals surface area (Å²) in [6.07, 6.45) is 1.86. The molecule has 6 nitrogen and oxygen atoms in total. The second-order valence-electron chi connectivity index (χ2n) is 7.69. The van der Waals surface area contributed by atoms with Crippen molar-refractivity contribution in [1.29, 1.82) is 0 Å². The van der Waals surface area contributed by atoms with Crippen LogP contribution >= 0.6 is 0 Å². The normalized spacial score (nSPS) is 12.8. The zero-order valence-electron chi connectivity index (χ0n) is 18.7. The summed E-state index contributed by atoms with van der Waals surface area (Å²) in [5.41, 5.74) is 2.32. The van der Waals surface area contributed by atoms with Gasteiger partial charge in [-0.3, -0.25) is 4.99 Å². The number of aliphatic imine (C=N–C) groups is 1. The summed E-state index contributed by atoms with van der Waals surface area (Å²) < 4.78 is 10.8. The predicted molar refractivity (Wildman–Crippen MR) is 116 cm³/mol. The summed E-state index contributed by atoms with van der Waals surface area (Å²) >= 11 is 0. The lowest BCUT2D eigenvalue weighted by molar-refractivity contribution is 0.245. The molecule has 2 N–H and O–H groups in total. The fourth-order valence-electron chi connectivity index (χ4n) is 3.34. The maximum absolute atomic E-state index is 9.35. The van der Waals surface area contributed by atoms with E-state index in [4.69, 9.17) is 14.5 Å². The van der Waals surface area contributed by atoms with E-state index in [0.717, 1.165) is 49.0 Å². The van der Waals surface area contributed by atoms with Gasteiger partial charge in [-0.15, -0.1) is 0 Å². The molecule has 0 spiro atoms. The first kappa shape index (κ1) is 24.1. The van der Waals surface area contributed by atoms with Crippen molar-refractivity contribution in [2.75, 3.05) is 41.0 Å². The molecule has 0 radical (unpaired) electrons. The number of guanidine groups is 1. The van der Waals surface area contributed by atoms with E-state index in [2.05, 4.69) is 37.9 Å². The average Bonchev–Trinajstić information content (AvgIpc) is 2.65. The molecule has 160 valence electrons. The summed E-state index contributed by atoms with van der Waals surface area (Å²) in [6, 6.07) is 4.04. The number of aryl methyl sites for hydroxylation is 1. The highest BCUT2D eigenvalue weighted by molar-refractivity contribution is 5.79. The fraction of sp³-hybridized carbons (Fsp3) is 0.682. The Bertz CT molecular complexity index is 617. The van der Waals surface area contributed by atoms with Crippen LogP contribution < -0.4 is 14.8 Å². The number of benzene rings is 1. The minimum absolute atomic E-state index is 0.212. The van der Waals surface area contributed by atoms with E-state index >= 15 is 0 Å². The van der Waals surface area contributed by atoms with Gasteiger partial charge in [0.2, 0.25) is 0 Å². The van der Waals surface area contributed by atoms with E-state index in [0.29, 0.717) is 18.4 Å². The number of aliphatic hydroxyl groups excluding tert-OH is 1. The number of ether oxygens (including phenoxy) is 2. The van der Waals surface area contributed by atoms with Gasteiger partial charge >= 0.3 is 0 Å². The zero-order chi connectivity index (χ0) is 21.1. The first-order chi connectivity index (χ1) is 13.4. The van der Waals surface area contributed by atoms with Crippen molar-refractivity contribution in [2.45, 2.75) is 47.1 Å².